The zero-order chi connectivity index (χ0) is 15.3. The van der Waals surface area contributed by atoms with E-state index < -0.39 is 16.0 Å². The van der Waals surface area contributed by atoms with E-state index >= 15 is 0 Å². The lowest BCUT2D eigenvalue weighted by atomic mass is 10.2. The number of carbonyl (C=O) groups is 1. The Bertz CT molecular complexity index is 613. The number of carboxylic acid groups (broad SMARTS) is 1. The lowest BCUT2D eigenvalue weighted by molar-refractivity contribution is 0.0697. The summed E-state index contributed by atoms with van der Waals surface area (Å²) in [4.78, 5) is 10.8. The van der Waals surface area contributed by atoms with Crippen LogP contribution in [-0.2, 0) is 10.0 Å². The van der Waals surface area contributed by atoms with Crippen LogP contribution in [0.1, 0.15) is 23.7 Å². The van der Waals surface area contributed by atoms with Gasteiger partial charge < -0.3 is 5.11 Å². The summed E-state index contributed by atoms with van der Waals surface area (Å²) in [6, 6.07) is 3.60. The molecule has 0 aromatic heterocycles. The van der Waals surface area contributed by atoms with Gasteiger partial charge in [-0.1, -0.05) is 24.6 Å². The fraction of sp³-hybridized carbons (Fsp3) is 0.308. The van der Waals surface area contributed by atoms with Gasteiger partial charge in [-0.3, -0.25) is 0 Å². The van der Waals surface area contributed by atoms with Crippen molar-refractivity contribution in [3.63, 3.8) is 0 Å². The number of benzene rings is 1. The minimum absolute atomic E-state index is 0.0252. The predicted molar refractivity (Wildman–Crippen MR) is 77.7 cm³/mol. The largest absolute Gasteiger partial charge is 0.478 e. The molecule has 1 aromatic carbocycles. The van der Waals surface area contributed by atoms with Crippen molar-refractivity contribution >= 4 is 27.6 Å². The molecule has 0 saturated carbocycles. The van der Waals surface area contributed by atoms with Gasteiger partial charge in [0, 0.05) is 13.1 Å². The Morgan fingerprint density at radius 2 is 2.15 bits per heavy atom. The van der Waals surface area contributed by atoms with Crippen LogP contribution in [0.4, 0.5) is 0 Å². The Morgan fingerprint density at radius 3 is 2.60 bits per heavy atom. The standard InChI is InChI=1S/C13H16ClNO4S/c1-3-7-15(8-4-2)20(18,19)10-5-6-11(13(16)17)12(14)9-10/h3,5-6,9H,1,4,7-8H2,2H3,(H,16,17). The Labute approximate surface area is 123 Å². The van der Waals surface area contributed by atoms with Crippen molar-refractivity contribution in [2.45, 2.75) is 18.2 Å². The van der Waals surface area contributed by atoms with Crippen LogP contribution in [0.3, 0.4) is 0 Å². The molecule has 110 valence electrons. The smallest absolute Gasteiger partial charge is 0.337 e. The Kier molecular flexibility index (Phi) is 5.74. The van der Waals surface area contributed by atoms with Gasteiger partial charge in [0.05, 0.1) is 15.5 Å². The molecule has 0 heterocycles. The third kappa shape index (κ3) is 3.59. The summed E-state index contributed by atoms with van der Waals surface area (Å²) in [5.74, 6) is -1.20. The fourth-order valence-electron chi connectivity index (χ4n) is 1.68. The van der Waals surface area contributed by atoms with Crippen molar-refractivity contribution in [2.75, 3.05) is 13.1 Å². The van der Waals surface area contributed by atoms with Crippen molar-refractivity contribution in [2.24, 2.45) is 0 Å². The Morgan fingerprint density at radius 1 is 1.50 bits per heavy atom. The molecular weight excluding hydrogens is 302 g/mol. The van der Waals surface area contributed by atoms with Crippen molar-refractivity contribution in [1.82, 2.24) is 4.31 Å². The molecule has 0 aliphatic heterocycles. The third-order valence-electron chi connectivity index (χ3n) is 2.61. The molecule has 0 radical (unpaired) electrons. The van der Waals surface area contributed by atoms with Gasteiger partial charge in [-0.05, 0) is 24.6 Å². The maximum absolute atomic E-state index is 12.4. The molecule has 0 spiro atoms. The second-order valence-corrected chi connectivity index (χ2v) is 6.44. The number of carboxylic acids is 1. The number of hydrogen-bond acceptors (Lipinski definition) is 3. The maximum Gasteiger partial charge on any atom is 0.337 e. The highest BCUT2D eigenvalue weighted by Gasteiger charge is 2.24. The lowest BCUT2D eigenvalue weighted by Gasteiger charge is -2.20. The first-order valence-corrected chi connectivity index (χ1v) is 7.80. The number of rotatable bonds is 7. The summed E-state index contributed by atoms with van der Waals surface area (Å²) in [6.45, 7) is 5.94. The molecule has 0 fully saturated rings. The topological polar surface area (TPSA) is 74.7 Å². The molecule has 5 nitrogen and oxygen atoms in total. The first-order chi connectivity index (χ1) is 9.34. The van der Waals surface area contributed by atoms with E-state index in [1.807, 2.05) is 6.92 Å². The van der Waals surface area contributed by atoms with Crippen molar-refractivity contribution in [3.05, 3.63) is 41.4 Å². The molecule has 20 heavy (non-hydrogen) atoms. The quantitative estimate of drug-likeness (QED) is 0.784. The van der Waals surface area contributed by atoms with Crippen LogP contribution >= 0.6 is 11.6 Å². The predicted octanol–water partition coefficient (Wildman–Crippen LogP) is 2.62. The molecule has 1 rings (SSSR count). The second kappa shape index (κ2) is 6.88. The second-order valence-electron chi connectivity index (χ2n) is 4.10. The molecule has 0 aliphatic carbocycles. The lowest BCUT2D eigenvalue weighted by Crippen LogP contribution is -2.32. The molecule has 0 atom stereocenters. The SMILES string of the molecule is C=CCN(CCC)S(=O)(=O)c1ccc(C(=O)O)c(Cl)c1. The van der Waals surface area contributed by atoms with E-state index in [-0.39, 0.29) is 22.0 Å². The first-order valence-electron chi connectivity index (χ1n) is 5.98. The number of hydrogen-bond donors (Lipinski definition) is 1. The number of aromatic carboxylic acids is 1. The fourth-order valence-corrected chi connectivity index (χ4v) is 3.54. The van der Waals surface area contributed by atoms with Gasteiger partial charge in [-0.25, -0.2) is 13.2 Å². The molecule has 0 aliphatic rings. The monoisotopic (exact) mass is 317 g/mol. The zero-order valence-electron chi connectivity index (χ0n) is 11.0. The molecule has 7 heteroatoms. The van der Waals surface area contributed by atoms with E-state index in [2.05, 4.69) is 6.58 Å². The van der Waals surface area contributed by atoms with Crippen LogP contribution in [0.5, 0.6) is 0 Å². The highest BCUT2D eigenvalue weighted by molar-refractivity contribution is 7.89. The van der Waals surface area contributed by atoms with Crippen molar-refractivity contribution in [3.8, 4) is 0 Å². The molecular formula is C13H16ClNO4S. The average Bonchev–Trinajstić information content (AvgIpc) is 2.37. The number of nitrogens with zero attached hydrogens (tertiary/aromatic N) is 1. The number of sulfonamides is 1. The molecule has 1 N–H and O–H groups in total. The van der Waals surface area contributed by atoms with E-state index in [1.54, 1.807) is 0 Å². The van der Waals surface area contributed by atoms with Gasteiger partial charge in [-0.2, -0.15) is 4.31 Å². The van der Waals surface area contributed by atoms with Gasteiger partial charge in [0.2, 0.25) is 10.0 Å². The van der Waals surface area contributed by atoms with Crippen LogP contribution < -0.4 is 0 Å². The van der Waals surface area contributed by atoms with Gasteiger partial charge in [0.15, 0.2) is 0 Å². The highest BCUT2D eigenvalue weighted by atomic mass is 35.5. The molecule has 0 unspecified atom stereocenters. The van der Waals surface area contributed by atoms with Gasteiger partial charge >= 0.3 is 5.97 Å². The summed E-state index contributed by atoms with van der Waals surface area (Å²) >= 11 is 5.81. The van der Waals surface area contributed by atoms with Gasteiger partial charge in [0.1, 0.15) is 0 Å². The van der Waals surface area contributed by atoms with Crippen LogP contribution in [0.25, 0.3) is 0 Å². The summed E-state index contributed by atoms with van der Waals surface area (Å²) in [5, 5.41) is 8.78. The van der Waals surface area contributed by atoms with E-state index in [4.69, 9.17) is 16.7 Å². The van der Waals surface area contributed by atoms with Crippen molar-refractivity contribution in [1.29, 1.82) is 0 Å². The molecule has 0 bridgehead atoms. The highest BCUT2D eigenvalue weighted by Crippen LogP contribution is 2.23. The minimum Gasteiger partial charge on any atom is -0.478 e. The summed E-state index contributed by atoms with van der Waals surface area (Å²) in [7, 11) is -3.71. The van der Waals surface area contributed by atoms with E-state index in [1.165, 1.54) is 22.5 Å². The zero-order valence-corrected chi connectivity index (χ0v) is 12.6. The molecule has 1 aromatic rings. The molecule has 0 amide bonds. The van der Waals surface area contributed by atoms with Crippen LogP contribution in [0.15, 0.2) is 35.7 Å². The van der Waals surface area contributed by atoms with Crippen LogP contribution in [0.2, 0.25) is 5.02 Å². The summed E-state index contributed by atoms with van der Waals surface area (Å²) < 4.78 is 26.1. The first kappa shape index (κ1) is 16.7. The van der Waals surface area contributed by atoms with Crippen molar-refractivity contribution < 1.29 is 18.3 Å². The van der Waals surface area contributed by atoms with E-state index in [0.29, 0.717) is 13.0 Å². The Balaban J connectivity index is 3.24. The van der Waals surface area contributed by atoms with Crippen LogP contribution in [-0.4, -0.2) is 36.9 Å². The van der Waals surface area contributed by atoms with Gasteiger partial charge in [-0.15, -0.1) is 6.58 Å². The van der Waals surface area contributed by atoms with E-state index in [0.717, 1.165) is 6.07 Å². The third-order valence-corrected chi connectivity index (χ3v) is 4.79. The van der Waals surface area contributed by atoms with Gasteiger partial charge in [0.25, 0.3) is 0 Å². The summed E-state index contributed by atoms with van der Waals surface area (Å²) in [6.07, 6.45) is 2.16. The minimum atomic E-state index is -3.71. The Hall–Kier alpha value is -1.37. The normalized spacial score (nSPS) is 11.6. The number of halogens is 1. The maximum atomic E-state index is 12.4. The molecule has 0 saturated heterocycles. The average molecular weight is 318 g/mol. The summed E-state index contributed by atoms with van der Waals surface area (Å²) in [5.41, 5.74) is -0.128. The van der Waals surface area contributed by atoms with E-state index in [9.17, 15) is 13.2 Å². The van der Waals surface area contributed by atoms with Crippen LogP contribution in [0, 0.1) is 0 Å².